The largest absolute Gasteiger partial charge is 0.493 e. The van der Waals surface area contributed by atoms with Crippen LogP contribution >= 0.6 is 0 Å². The second-order valence-corrected chi connectivity index (χ2v) is 5.27. The third-order valence-corrected chi connectivity index (χ3v) is 3.79. The number of aromatic amines is 1. The lowest BCUT2D eigenvalue weighted by Gasteiger charge is -2.14. The van der Waals surface area contributed by atoms with Gasteiger partial charge in [0.15, 0.2) is 17.4 Å². The fraction of sp³-hybridized carbons (Fsp3) is 0.167. The monoisotopic (exact) mass is 343 g/mol. The van der Waals surface area contributed by atoms with Gasteiger partial charge in [0, 0.05) is 11.1 Å². The van der Waals surface area contributed by atoms with E-state index in [9.17, 15) is 4.39 Å². The smallest absolute Gasteiger partial charge is 0.203 e. The van der Waals surface area contributed by atoms with E-state index < -0.39 is 0 Å². The summed E-state index contributed by atoms with van der Waals surface area (Å²) >= 11 is 0. The summed E-state index contributed by atoms with van der Waals surface area (Å²) in [7, 11) is 4.62. The van der Waals surface area contributed by atoms with Crippen molar-refractivity contribution in [1.29, 1.82) is 0 Å². The number of nitrogens with two attached hydrogens (primary N) is 1. The number of halogens is 1. The van der Waals surface area contributed by atoms with Gasteiger partial charge in [-0.2, -0.15) is 0 Å². The second kappa shape index (κ2) is 6.72. The van der Waals surface area contributed by atoms with Gasteiger partial charge in [0.1, 0.15) is 5.82 Å². The highest BCUT2D eigenvalue weighted by Crippen LogP contribution is 2.42. The molecule has 0 saturated heterocycles. The highest BCUT2D eigenvalue weighted by Gasteiger charge is 2.19. The van der Waals surface area contributed by atoms with Crippen LogP contribution in [0.15, 0.2) is 36.4 Å². The molecule has 25 heavy (non-hydrogen) atoms. The Balaban J connectivity index is 2.19. The lowest BCUT2D eigenvalue weighted by molar-refractivity contribution is 0.324. The topological polar surface area (TPSA) is 82.4 Å². The Morgan fingerprint density at radius 2 is 1.52 bits per heavy atom. The predicted octanol–water partition coefficient (Wildman–Crippen LogP) is 3.49. The number of aromatic nitrogens is 2. The van der Waals surface area contributed by atoms with E-state index in [1.54, 1.807) is 38.5 Å². The first-order chi connectivity index (χ1) is 12.1. The van der Waals surface area contributed by atoms with Crippen LogP contribution in [0.3, 0.4) is 0 Å². The molecule has 7 heteroatoms. The van der Waals surface area contributed by atoms with Gasteiger partial charge in [0.25, 0.3) is 0 Å². The zero-order valence-corrected chi connectivity index (χ0v) is 14.1. The number of benzene rings is 2. The maximum absolute atomic E-state index is 13.2. The van der Waals surface area contributed by atoms with Crippen molar-refractivity contribution in [2.75, 3.05) is 27.1 Å². The maximum Gasteiger partial charge on any atom is 0.203 e. The van der Waals surface area contributed by atoms with Gasteiger partial charge in [-0.25, -0.2) is 9.37 Å². The van der Waals surface area contributed by atoms with E-state index in [1.165, 1.54) is 19.2 Å². The van der Waals surface area contributed by atoms with Crippen molar-refractivity contribution >= 4 is 5.95 Å². The van der Waals surface area contributed by atoms with Crippen LogP contribution in [-0.2, 0) is 0 Å². The molecule has 0 atom stereocenters. The molecule has 3 rings (SSSR count). The van der Waals surface area contributed by atoms with Gasteiger partial charge < -0.3 is 24.9 Å². The number of ether oxygens (including phenoxy) is 3. The van der Waals surface area contributed by atoms with E-state index in [0.29, 0.717) is 28.6 Å². The Morgan fingerprint density at radius 1 is 0.920 bits per heavy atom. The Labute approximate surface area is 144 Å². The molecule has 3 N–H and O–H groups in total. The fourth-order valence-electron chi connectivity index (χ4n) is 2.64. The van der Waals surface area contributed by atoms with Crippen molar-refractivity contribution in [2.24, 2.45) is 0 Å². The number of hydrogen-bond donors (Lipinski definition) is 2. The molecular formula is C18H18FN3O3. The van der Waals surface area contributed by atoms with E-state index in [4.69, 9.17) is 19.9 Å². The molecule has 0 aliphatic rings. The van der Waals surface area contributed by atoms with Crippen molar-refractivity contribution < 1.29 is 18.6 Å². The third kappa shape index (κ3) is 3.08. The number of nitrogen functional groups attached to an aromatic ring is 1. The van der Waals surface area contributed by atoms with Gasteiger partial charge in [-0.15, -0.1) is 0 Å². The fourth-order valence-corrected chi connectivity index (χ4v) is 2.64. The molecule has 1 aromatic heterocycles. The number of methoxy groups -OCH3 is 3. The Morgan fingerprint density at radius 3 is 2.04 bits per heavy atom. The lowest BCUT2D eigenvalue weighted by atomic mass is 10.0. The average molecular weight is 343 g/mol. The van der Waals surface area contributed by atoms with Gasteiger partial charge in [-0.3, -0.25) is 0 Å². The summed E-state index contributed by atoms with van der Waals surface area (Å²) in [6.45, 7) is 0. The minimum atomic E-state index is -0.314. The first kappa shape index (κ1) is 16.6. The van der Waals surface area contributed by atoms with Crippen LogP contribution in [-0.4, -0.2) is 31.3 Å². The molecule has 0 saturated carbocycles. The molecule has 2 aromatic carbocycles. The summed E-state index contributed by atoms with van der Waals surface area (Å²) in [4.78, 5) is 7.38. The first-order valence-electron chi connectivity index (χ1n) is 7.49. The highest BCUT2D eigenvalue weighted by atomic mass is 19.1. The van der Waals surface area contributed by atoms with E-state index >= 15 is 0 Å². The van der Waals surface area contributed by atoms with E-state index in [-0.39, 0.29) is 11.8 Å². The van der Waals surface area contributed by atoms with Crippen molar-refractivity contribution in [3.05, 3.63) is 42.2 Å². The van der Waals surface area contributed by atoms with Crippen molar-refractivity contribution in [2.45, 2.75) is 0 Å². The maximum atomic E-state index is 13.2. The number of H-pyrrole nitrogens is 1. The van der Waals surface area contributed by atoms with E-state index in [2.05, 4.69) is 9.97 Å². The normalized spacial score (nSPS) is 10.6. The first-order valence-corrected chi connectivity index (χ1v) is 7.49. The van der Waals surface area contributed by atoms with Gasteiger partial charge in [0.05, 0.1) is 32.7 Å². The van der Waals surface area contributed by atoms with Crippen LogP contribution in [0.2, 0.25) is 0 Å². The van der Waals surface area contributed by atoms with Gasteiger partial charge in [-0.1, -0.05) is 0 Å². The third-order valence-electron chi connectivity index (χ3n) is 3.79. The molecule has 0 radical (unpaired) electrons. The number of anilines is 1. The molecule has 6 nitrogen and oxygen atoms in total. The van der Waals surface area contributed by atoms with Gasteiger partial charge in [0.2, 0.25) is 5.75 Å². The summed E-state index contributed by atoms with van der Waals surface area (Å²) in [5.74, 6) is 1.43. The Hall–Kier alpha value is -3.22. The van der Waals surface area contributed by atoms with Crippen molar-refractivity contribution in [3.63, 3.8) is 0 Å². The second-order valence-electron chi connectivity index (χ2n) is 5.27. The van der Waals surface area contributed by atoms with Crippen LogP contribution in [0.5, 0.6) is 17.2 Å². The molecule has 3 aromatic rings. The zero-order valence-electron chi connectivity index (χ0n) is 14.1. The minimum absolute atomic E-state index is 0.253. The van der Waals surface area contributed by atoms with Crippen molar-refractivity contribution in [3.8, 4) is 39.8 Å². The van der Waals surface area contributed by atoms with Crippen LogP contribution in [0.25, 0.3) is 22.5 Å². The number of rotatable bonds is 5. The van der Waals surface area contributed by atoms with Gasteiger partial charge in [-0.05, 0) is 36.4 Å². The molecule has 0 aliphatic heterocycles. The molecule has 0 fully saturated rings. The molecular weight excluding hydrogens is 325 g/mol. The Kier molecular flexibility index (Phi) is 4.47. The van der Waals surface area contributed by atoms with E-state index in [0.717, 1.165) is 11.1 Å². The van der Waals surface area contributed by atoms with Crippen molar-refractivity contribution in [1.82, 2.24) is 9.97 Å². The number of nitrogens with zero attached hydrogens (tertiary/aromatic N) is 1. The summed E-state index contributed by atoms with van der Waals surface area (Å²) in [5.41, 5.74) is 8.61. The average Bonchev–Trinajstić information content (AvgIpc) is 3.02. The SMILES string of the molecule is COc1cc(-c2nc(N)[nH]c2-c2ccc(F)cc2)cc(OC)c1OC. The number of nitrogens with one attached hydrogen (secondary N) is 1. The van der Waals surface area contributed by atoms with E-state index in [1.807, 2.05) is 0 Å². The summed E-state index contributed by atoms with van der Waals surface area (Å²) in [6, 6.07) is 9.64. The van der Waals surface area contributed by atoms with Crippen LogP contribution < -0.4 is 19.9 Å². The van der Waals surface area contributed by atoms with Gasteiger partial charge >= 0.3 is 0 Å². The number of imidazole rings is 1. The summed E-state index contributed by atoms with van der Waals surface area (Å²) < 4.78 is 29.3. The molecule has 130 valence electrons. The molecule has 1 heterocycles. The highest BCUT2D eigenvalue weighted by molar-refractivity contribution is 5.82. The zero-order chi connectivity index (χ0) is 18.0. The quantitative estimate of drug-likeness (QED) is 0.741. The van der Waals surface area contributed by atoms with Crippen LogP contribution in [0.1, 0.15) is 0 Å². The summed E-state index contributed by atoms with van der Waals surface area (Å²) in [5, 5.41) is 0. The summed E-state index contributed by atoms with van der Waals surface area (Å²) in [6.07, 6.45) is 0. The molecule has 0 amide bonds. The predicted molar refractivity (Wildman–Crippen MR) is 93.5 cm³/mol. The Bertz CT molecular complexity index is 866. The standard InChI is InChI=1S/C18H18FN3O3/c1-23-13-8-11(9-14(24-2)17(13)25-3)16-15(21-18(20)22-16)10-4-6-12(19)7-5-10/h4-9H,1-3H3,(H3,20,21,22). The molecule has 0 unspecified atom stereocenters. The minimum Gasteiger partial charge on any atom is -0.493 e. The lowest BCUT2D eigenvalue weighted by Crippen LogP contribution is -1.96. The number of hydrogen-bond acceptors (Lipinski definition) is 5. The molecule has 0 bridgehead atoms. The molecule has 0 spiro atoms. The van der Waals surface area contributed by atoms with Crippen LogP contribution in [0, 0.1) is 5.82 Å². The molecule has 0 aliphatic carbocycles. The van der Waals surface area contributed by atoms with Crippen LogP contribution in [0.4, 0.5) is 10.3 Å².